The minimum absolute atomic E-state index is 0. The third-order valence-electron chi connectivity index (χ3n) is 3.50. The highest BCUT2D eigenvalue weighted by Gasteiger charge is 2.42. The van der Waals surface area contributed by atoms with Crippen LogP contribution in [-0.2, 0) is 11.0 Å². The molecular formula is C14H16ClF5N2O. The van der Waals surface area contributed by atoms with E-state index < -0.39 is 48.6 Å². The van der Waals surface area contributed by atoms with Gasteiger partial charge in [0.2, 0.25) is 5.91 Å². The number of alkyl halides is 5. The van der Waals surface area contributed by atoms with Crippen molar-refractivity contribution in [3.8, 4) is 0 Å². The molecule has 3 nitrogen and oxygen atoms in total. The van der Waals surface area contributed by atoms with Gasteiger partial charge in [-0.15, -0.1) is 12.4 Å². The predicted molar refractivity (Wildman–Crippen MR) is 76.6 cm³/mol. The van der Waals surface area contributed by atoms with E-state index in [9.17, 15) is 26.7 Å². The minimum Gasteiger partial charge on any atom is -0.348 e. The Balaban J connectivity index is 0.00000264. The summed E-state index contributed by atoms with van der Waals surface area (Å²) in [5, 5.41) is 4.85. The molecule has 0 aromatic heterocycles. The Kier molecular flexibility index (Phi) is 5.98. The normalized spacial score (nSPS) is 21.4. The fourth-order valence-electron chi connectivity index (χ4n) is 2.28. The molecule has 0 bridgehead atoms. The molecule has 0 saturated carbocycles. The van der Waals surface area contributed by atoms with Crippen molar-refractivity contribution in [2.45, 2.75) is 37.5 Å². The average Bonchev–Trinajstić information content (AvgIpc) is 2.78. The SMILES string of the molecule is CC(NC(=O)C1CC(F)(F)CN1)c1cccc(C(F)(F)F)c1.Cl. The number of rotatable bonds is 3. The van der Waals surface area contributed by atoms with Crippen LogP contribution in [0.1, 0.15) is 30.5 Å². The molecule has 0 radical (unpaired) electrons. The monoisotopic (exact) mass is 358 g/mol. The zero-order valence-electron chi connectivity index (χ0n) is 12.1. The van der Waals surface area contributed by atoms with Crippen LogP contribution in [0.15, 0.2) is 24.3 Å². The maximum atomic E-state index is 13.0. The average molecular weight is 359 g/mol. The van der Waals surface area contributed by atoms with Crippen molar-refractivity contribution in [2.75, 3.05) is 6.54 Å². The van der Waals surface area contributed by atoms with Crippen LogP contribution in [0.5, 0.6) is 0 Å². The number of benzene rings is 1. The van der Waals surface area contributed by atoms with Gasteiger partial charge in [-0.1, -0.05) is 12.1 Å². The molecular weight excluding hydrogens is 343 g/mol. The summed E-state index contributed by atoms with van der Waals surface area (Å²) in [6, 6.07) is 2.78. The molecule has 1 saturated heterocycles. The van der Waals surface area contributed by atoms with E-state index in [-0.39, 0.29) is 18.0 Å². The molecule has 1 aromatic carbocycles. The van der Waals surface area contributed by atoms with Gasteiger partial charge in [0.05, 0.1) is 24.2 Å². The molecule has 2 atom stereocenters. The third-order valence-corrected chi connectivity index (χ3v) is 3.50. The van der Waals surface area contributed by atoms with Crippen molar-refractivity contribution in [2.24, 2.45) is 0 Å². The quantitative estimate of drug-likeness (QED) is 0.814. The molecule has 2 N–H and O–H groups in total. The van der Waals surface area contributed by atoms with E-state index in [1.807, 2.05) is 0 Å². The van der Waals surface area contributed by atoms with Crippen molar-refractivity contribution < 1.29 is 26.7 Å². The Morgan fingerprint density at radius 3 is 2.57 bits per heavy atom. The van der Waals surface area contributed by atoms with Gasteiger partial charge in [0.15, 0.2) is 0 Å². The summed E-state index contributed by atoms with van der Waals surface area (Å²) in [4.78, 5) is 11.9. The zero-order chi connectivity index (χ0) is 16.5. The van der Waals surface area contributed by atoms with Crippen LogP contribution in [0.4, 0.5) is 22.0 Å². The largest absolute Gasteiger partial charge is 0.416 e. The van der Waals surface area contributed by atoms with Crippen LogP contribution in [0, 0.1) is 0 Å². The van der Waals surface area contributed by atoms with Gasteiger partial charge in [0.25, 0.3) is 5.92 Å². The van der Waals surface area contributed by atoms with Crippen LogP contribution in [0.2, 0.25) is 0 Å². The lowest BCUT2D eigenvalue weighted by Gasteiger charge is -2.18. The number of carbonyl (C=O) groups is 1. The number of hydrogen-bond donors (Lipinski definition) is 2. The van der Waals surface area contributed by atoms with Gasteiger partial charge in [-0.3, -0.25) is 10.1 Å². The van der Waals surface area contributed by atoms with E-state index in [4.69, 9.17) is 0 Å². The summed E-state index contributed by atoms with van der Waals surface area (Å²) >= 11 is 0. The molecule has 130 valence electrons. The highest BCUT2D eigenvalue weighted by molar-refractivity contribution is 5.85. The highest BCUT2D eigenvalue weighted by atomic mass is 35.5. The van der Waals surface area contributed by atoms with Crippen molar-refractivity contribution in [1.29, 1.82) is 0 Å². The molecule has 1 aromatic rings. The first kappa shape index (κ1) is 19.6. The second kappa shape index (κ2) is 7.00. The van der Waals surface area contributed by atoms with E-state index in [0.29, 0.717) is 0 Å². The molecule has 1 fully saturated rings. The first-order chi connectivity index (χ1) is 10.1. The molecule has 9 heteroatoms. The fourth-order valence-corrected chi connectivity index (χ4v) is 2.28. The smallest absolute Gasteiger partial charge is 0.348 e. The first-order valence-corrected chi connectivity index (χ1v) is 6.67. The van der Waals surface area contributed by atoms with Crippen LogP contribution >= 0.6 is 12.4 Å². The van der Waals surface area contributed by atoms with Crippen molar-refractivity contribution in [1.82, 2.24) is 10.6 Å². The van der Waals surface area contributed by atoms with E-state index in [1.165, 1.54) is 19.1 Å². The van der Waals surface area contributed by atoms with Crippen LogP contribution in [0.25, 0.3) is 0 Å². The second-order valence-electron chi connectivity index (χ2n) is 5.35. The third kappa shape index (κ3) is 5.04. The van der Waals surface area contributed by atoms with E-state index in [0.717, 1.165) is 12.1 Å². The van der Waals surface area contributed by atoms with Crippen molar-refractivity contribution in [3.05, 3.63) is 35.4 Å². The zero-order valence-corrected chi connectivity index (χ0v) is 12.9. The number of halogens is 6. The Bertz CT molecular complexity index is 564. The number of hydrogen-bond acceptors (Lipinski definition) is 2. The molecule has 1 amide bonds. The molecule has 1 aliphatic rings. The van der Waals surface area contributed by atoms with E-state index in [1.54, 1.807) is 0 Å². The van der Waals surface area contributed by atoms with Crippen LogP contribution in [0.3, 0.4) is 0 Å². The Labute approximate surface area is 136 Å². The second-order valence-corrected chi connectivity index (χ2v) is 5.35. The maximum absolute atomic E-state index is 13.0. The van der Waals surface area contributed by atoms with Crippen molar-refractivity contribution >= 4 is 18.3 Å². The summed E-state index contributed by atoms with van der Waals surface area (Å²) in [6.45, 7) is 0.920. The van der Waals surface area contributed by atoms with Crippen LogP contribution in [-0.4, -0.2) is 24.4 Å². The molecule has 2 unspecified atom stereocenters. The molecule has 1 aliphatic heterocycles. The molecule has 1 heterocycles. The number of carbonyl (C=O) groups excluding carboxylic acids is 1. The summed E-state index contributed by atoms with van der Waals surface area (Å²) in [5.41, 5.74) is -0.565. The van der Waals surface area contributed by atoms with Gasteiger partial charge in [0, 0.05) is 6.42 Å². The van der Waals surface area contributed by atoms with Gasteiger partial charge >= 0.3 is 6.18 Å². The van der Waals surface area contributed by atoms with Crippen LogP contribution < -0.4 is 10.6 Å². The lowest BCUT2D eigenvalue weighted by molar-refractivity contribution is -0.137. The molecule has 0 aliphatic carbocycles. The molecule has 2 rings (SSSR count). The van der Waals surface area contributed by atoms with Crippen molar-refractivity contribution in [3.63, 3.8) is 0 Å². The number of amides is 1. The van der Waals surface area contributed by atoms with Gasteiger partial charge in [-0.25, -0.2) is 8.78 Å². The molecule has 0 spiro atoms. The number of nitrogens with one attached hydrogen (secondary N) is 2. The summed E-state index contributed by atoms with van der Waals surface area (Å²) < 4.78 is 64.0. The lowest BCUT2D eigenvalue weighted by Crippen LogP contribution is -2.41. The van der Waals surface area contributed by atoms with E-state index >= 15 is 0 Å². The summed E-state index contributed by atoms with van der Waals surface area (Å²) in [6.07, 6.45) is -5.09. The van der Waals surface area contributed by atoms with Gasteiger partial charge in [0.1, 0.15) is 0 Å². The van der Waals surface area contributed by atoms with Gasteiger partial charge < -0.3 is 5.32 Å². The summed E-state index contributed by atoms with van der Waals surface area (Å²) in [7, 11) is 0. The Hall–Kier alpha value is -1.41. The maximum Gasteiger partial charge on any atom is 0.416 e. The van der Waals surface area contributed by atoms with Gasteiger partial charge in [-0.2, -0.15) is 13.2 Å². The fraction of sp³-hybridized carbons (Fsp3) is 0.500. The van der Waals surface area contributed by atoms with Gasteiger partial charge in [-0.05, 0) is 24.6 Å². The van der Waals surface area contributed by atoms with E-state index in [2.05, 4.69) is 10.6 Å². The minimum atomic E-state index is -4.48. The lowest BCUT2D eigenvalue weighted by atomic mass is 10.0. The topological polar surface area (TPSA) is 41.1 Å². The summed E-state index contributed by atoms with van der Waals surface area (Å²) in [5.74, 6) is -3.59. The predicted octanol–water partition coefficient (Wildman–Crippen LogP) is 3.30. The molecule has 23 heavy (non-hydrogen) atoms. The first-order valence-electron chi connectivity index (χ1n) is 6.67. The standard InChI is InChI=1S/C14H15F5N2O.ClH/c1-8(9-3-2-4-10(5-9)14(17,18)19)21-12(22)11-6-13(15,16)7-20-11;/h2-5,8,11,20H,6-7H2,1H3,(H,21,22);1H. The Morgan fingerprint density at radius 1 is 1.39 bits per heavy atom. The highest BCUT2D eigenvalue weighted by Crippen LogP contribution is 2.31. The Morgan fingerprint density at radius 2 is 2.04 bits per heavy atom.